The van der Waals surface area contributed by atoms with E-state index in [1.165, 1.54) is 5.56 Å². The van der Waals surface area contributed by atoms with E-state index < -0.39 is 11.0 Å². The number of aliphatic hydroxyl groups is 1. The fraction of sp³-hybridized carbons (Fsp3) is 0.452. The minimum absolute atomic E-state index is 0.0135. The molecule has 1 saturated heterocycles. The van der Waals surface area contributed by atoms with E-state index in [9.17, 15) is 9.90 Å². The number of ether oxygens (including phenoxy) is 2. The number of hydrogen-bond acceptors (Lipinski definition) is 5. The maximum Gasteiger partial charge on any atom is 0.246 e. The van der Waals surface area contributed by atoms with Crippen molar-refractivity contribution in [3.63, 3.8) is 0 Å². The van der Waals surface area contributed by atoms with Crippen LogP contribution in [-0.2, 0) is 16.6 Å². The van der Waals surface area contributed by atoms with Gasteiger partial charge in [-0.25, -0.2) is 0 Å². The minimum Gasteiger partial charge on any atom is -0.493 e. The van der Waals surface area contributed by atoms with Gasteiger partial charge in [-0.05, 0) is 62.4 Å². The maximum atomic E-state index is 13.4. The van der Waals surface area contributed by atoms with Crippen LogP contribution in [0, 0.1) is 6.92 Å². The largest absolute Gasteiger partial charge is 0.493 e. The molecule has 6 heteroatoms. The first-order valence-electron chi connectivity index (χ1n) is 13.3. The van der Waals surface area contributed by atoms with Gasteiger partial charge in [-0.15, -0.1) is 6.58 Å². The van der Waals surface area contributed by atoms with Crippen molar-refractivity contribution in [1.82, 2.24) is 9.80 Å². The van der Waals surface area contributed by atoms with Gasteiger partial charge < -0.3 is 19.5 Å². The molecule has 4 aliphatic rings. The Bertz CT molecular complexity index is 1290. The predicted octanol–water partition coefficient (Wildman–Crippen LogP) is 3.88. The zero-order valence-electron chi connectivity index (χ0n) is 21.9. The van der Waals surface area contributed by atoms with Crippen molar-refractivity contribution in [3.05, 3.63) is 77.4 Å². The number of benzene rings is 2. The fourth-order valence-corrected chi connectivity index (χ4v) is 7.76. The number of nitrogens with zero attached hydrogens (tertiary/aromatic N) is 2. The third kappa shape index (κ3) is 3.35. The molecule has 2 aromatic carbocycles. The lowest BCUT2D eigenvalue weighted by atomic mass is 9.48. The van der Waals surface area contributed by atoms with Gasteiger partial charge in [0.15, 0.2) is 11.5 Å². The molecule has 0 aromatic heterocycles. The molecule has 2 bridgehead atoms. The lowest BCUT2D eigenvalue weighted by Crippen LogP contribution is -2.78. The third-order valence-electron chi connectivity index (χ3n) is 9.42. The molecule has 1 amide bonds. The quantitative estimate of drug-likeness (QED) is 0.482. The van der Waals surface area contributed by atoms with Crippen molar-refractivity contribution in [2.24, 2.45) is 0 Å². The van der Waals surface area contributed by atoms with Gasteiger partial charge in [0.2, 0.25) is 5.91 Å². The third-order valence-corrected chi connectivity index (χ3v) is 9.42. The van der Waals surface area contributed by atoms with Gasteiger partial charge in [-0.1, -0.05) is 42.0 Å². The molecule has 194 valence electrons. The number of methoxy groups -OCH3 is 1. The summed E-state index contributed by atoms with van der Waals surface area (Å²) in [6.45, 7) is 7.61. The summed E-state index contributed by atoms with van der Waals surface area (Å²) < 4.78 is 12.5. The molecule has 1 N–H and O–H groups in total. The van der Waals surface area contributed by atoms with Gasteiger partial charge in [-0.3, -0.25) is 9.69 Å². The minimum atomic E-state index is -0.943. The summed E-state index contributed by atoms with van der Waals surface area (Å²) in [6.07, 6.45) is 7.94. The number of likely N-dealkylation sites (N-methyl/N-ethyl adjacent to an activating group) is 1. The lowest BCUT2D eigenvalue weighted by molar-refractivity contribution is -0.198. The summed E-state index contributed by atoms with van der Waals surface area (Å²) in [5, 5.41) is 12.6. The standard InChI is InChI=1S/C31H36N2O4/c1-5-16-33-17-15-30-27-22-10-11-24(36-4)28(27)37-29(30)23(13-14-31(30,35)25(33)19-22)32(3)26(34)12-9-21-8-6-7-20(2)18-21/h5-12,18,23,25,29,35H,1,13-17,19H2,2-4H3/b12-9+/t23?,25-,29?,30+,31-/m1/s1. The summed E-state index contributed by atoms with van der Waals surface area (Å²) in [5.74, 6) is 1.39. The molecule has 37 heavy (non-hydrogen) atoms. The molecule has 0 radical (unpaired) electrons. The Morgan fingerprint density at radius 1 is 1.32 bits per heavy atom. The summed E-state index contributed by atoms with van der Waals surface area (Å²) in [4.78, 5) is 17.6. The highest BCUT2D eigenvalue weighted by atomic mass is 16.5. The van der Waals surface area contributed by atoms with Crippen LogP contribution in [0.4, 0.5) is 0 Å². The Hall–Kier alpha value is -3.09. The first kappa shape index (κ1) is 24.3. The van der Waals surface area contributed by atoms with Crippen LogP contribution >= 0.6 is 0 Å². The van der Waals surface area contributed by atoms with E-state index >= 15 is 0 Å². The Labute approximate surface area is 219 Å². The highest BCUT2D eigenvalue weighted by molar-refractivity contribution is 5.92. The first-order valence-corrected chi connectivity index (χ1v) is 13.3. The zero-order valence-corrected chi connectivity index (χ0v) is 21.9. The van der Waals surface area contributed by atoms with Crippen LogP contribution in [0.1, 0.15) is 41.5 Å². The van der Waals surface area contributed by atoms with Gasteiger partial charge in [0.05, 0.1) is 24.2 Å². The van der Waals surface area contributed by atoms with Crippen LogP contribution in [0.3, 0.4) is 0 Å². The number of carbonyl (C=O) groups excluding carboxylic acids is 1. The number of carbonyl (C=O) groups is 1. The monoisotopic (exact) mass is 500 g/mol. The Balaban J connectivity index is 1.39. The van der Waals surface area contributed by atoms with Crippen LogP contribution in [0.2, 0.25) is 0 Å². The summed E-state index contributed by atoms with van der Waals surface area (Å²) >= 11 is 0. The molecule has 5 atom stereocenters. The Kier molecular flexibility index (Phi) is 5.73. The van der Waals surface area contributed by atoms with Crippen molar-refractivity contribution in [2.45, 2.75) is 61.8 Å². The van der Waals surface area contributed by atoms with E-state index in [1.807, 2.05) is 55.3 Å². The molecular formula is C31H36N2O4. The number of amides is 1. The average Bonchev–Trinajstić information content (AvgIpc) is 3.24. The SMILES string of the molecule is C=CCN1CC[C@]23c4c5ccc(OC)c4OC2C(N(C)C(=O)/C=C/c2cccc(C)c2)CC[C@@]3(O)[C@H]1C5. The van der Waals surface area contributed by atoms with Crippen LogP contribution in [0.15, 0.2) is 55.1 Å². The van der Waals surface area contributed by atoms with E-state index in [1.54, 1.807) is 13.2 Å². The van der Waals surface area contributed by atoms with E-state index in [2.05, 4.69) is 23.6 Å². The van der Waals surface area contributed by atoms with Crippen LogP contribution < -0.4 is 9.47 Å². The van der Waals surface area contributed by atoms with E-state index in [-0.39, 0.29) is 24.1 Å². The molecule has 2 aliphatic carbocycles. The molecule has 2 unspecified atom stereocenters. The average molecular weight is 501 g/mol. The maximum absolute atomic E-state index is 13.4. The second kappa shape index (κ2) is 8.74. The molecule has 2 aromatic rings. The second-order valence-electron chi connectivity index (χ2n) is 11.1. The van der Waals surface area contributed by atoms with Crippen molar-refractivity contribution in [1.29, 1.82) is 0 Å². The normalized spacial score (nSPS) is 31.5. The number of likely N-dealkylation sites (tertiary alicyclic amines) is 1. The topological polar surface area (TPSA) is 62.2 Å². The molecule has 2 fully saturated rings. The highest BCUT2D eigenvalue weighted by Crippen LogP contribution is 2.65. The van der Waals surface area contributed by atoms with Crippen LogP contribution in [0.25, 0.3) is 6.08 Å². The molecule has 2 heterocycles. The van der Waals surface area contributed by atoms with Crippen LogP contribution in [0.5, 0.6) is 11.5 Å². The lowest BCUT2D eigenvalue weighted by Gasteiger charge is -2.64. The van der Waals surface area contributed by atoms with E-state index in [4.69, 9.17) is 9.47 Å². The van der Waals surface area contributed by atoms with Crippen molar-refractivity contribution < 1.29 is 19.4 Å². The summed E-state index contributed by atoms with van der Waals surface area (Å²) in [6, 6.07) is 12.0. The second-order valence-corrected chi connectivity index (χ2v) is 11.1. The number of aryl methyl sites for hydroxylation is 1. The Morgan fingerprint density at radius 2 is 2.16 bits per heavy atom. The fourth-order valence-electron chi connectivity index (χ4n) is 7.76. The molecule has 1 spiro atoms. The first-order chi connectivity index (χ1) is 17.8. The van der Waals surface area contributed by atoms with Crippen molar-refractivity contribution in [3.8, 4) is 11.5 Å². The van der Waals surface area contributed by atoms with Gasteiger partial charge in [-0.2, -0.15) is 0 Å². The summed E-state index contributed by atoms with van der Waals surface area (Å²) in [7, 11) is 3.53. The smallest absolute Gasteiger partial charge is 0.246 e. The summed E-state index contributed by atoms with van der Waals surface area (Å²) in [5.41, 5.74) is 2.96. The number of rotatable bonds is 6. The predicted molar refractivity (Wildman–Crippen MR) is 144 cm³/mol. The van der Waals surface area contributed by atoms with Gasteiger partial charge in [0.1, 0.15) is 6.10 Å². The van der Waals surface area contributed by atoms with Crippen LogP contribution in [-0.4, -0.2) is 71.8 Å². The zero-order chi connectivity index (χ0) is 25.9. The molecule has 2 aliphatic heterocycles. The van der Waals surface area contributed by atoms with Gasteiger partial charge in [0.25, 0.3) is 0 Å². The highest BCUT2D eigenvalue weighted by Gasteiger charge is 2.73. The van der Waals surface area contributed by atoms with Crippen molar-refractivity contribution >= 4 is 12.0 Å². The number of piperidine rings is 1. The van der Waals surface area contributed by atoms with E-state index in [0.29, 0.717) is 18.6 Å². The van der Waals surface area contributed by atoms with Crippen molar-refractivity contribution in [2.75, 3.05) is 27.2 Å². The van der Waals surface area contributed by atoms with Gasteiger partial charge >= 0.3 is 0 Å². The Morgan fingerprint density at radius 3 is 2.92 bits per heavy atom. The van der Waals surface area contributed by atoms with E-state index in [0.717, 1.165) is 48.4 Å². The number of hydrogen-bond donors (Lipinski definition) is 1. The molecule has 6 nitrogen and oxygen atoms in total. The molecule has 6 rings (SSSR count). The van der Waals surface area contributed by atoms with Gasteiger partial charge in [0, 0.05) is 31.3 Å². The molecular weight excluding hydrogens is 464 g/mol. The molecule has 1 saturated carbocycles.